The van der Waals surface area contributed by atoms with E-state index in [0.717, 1.165) is 25.7 Å². The Morgan fingerprint density at radius 3 is 2.27 bits per heavy atom. The molecule has 2 saturated carbocycles. The second-order valence-corrected chi connectivity index (χ2v) is 8.13. The van der Waals surface area contributed by atoms with Crippen LogP contribution in [0.1, 0.15) is 32.6 Å². The Morgan fingerprint density at radius 2 is 1.93 bits per heavy atom. The van der Waals surface area contributed by atoms with Crippen molar-refractivity contribution in [1.29, 1.82) is 0 Å². The van der Waals surface area contributed by atoms with Crippen molar-refractivity contribution < 1.29 is 9.53 Å². The molecule has 0 radical (unpaired) electrons. The van der Waals surface area contributed by atoms with E-state index in [4.69, 9.17) is 4.74 Å². The van der Waals surface area contributed by atoms with E-state index in [1.54, 1.807) is 6.92 Å². The van der Waals surface area contributed by atoms with Gasteiger partial charge in [-0.1, -0.05) is 38.4 Å². The molecule has 84 valence electrons. The normalized spacial score (nSPS) is 36.6. The molecule has 0 amide bonds. The number of hydrogen-bond acceptors (Lipinski definition) is 2. The van der Waals surface area contributed by atoms with Gasteiger partial charge in [-0.15, -0.1) is 0 Å². The summed E-state index contributed by atoms with van der Waals surface area (Å²) in [4.78, 5) is 11.6. The zero-order valence-corrected chi connectivity index (χ0v) is 11.9. The van der Waals surface area contributed by atoms with Crippen molar-refractivity contribution in [2.45, 2.75) is 41.4 Å². The number of carbonyl (C=O) groups is 1. The summed E-state index contributed by atoms with van der Waals surface area (Å²) in [7, 11) is 0. The highest BCUT2D eigenvalue weighted by molar-refractivity contribution is 9.25. The first-order valence-electron chi connectivity index (χ1n) is 5.16. The largest absolute Gasteiger partial charge is 0.453 e. The van der Waals surface area contributed by atoms with Crippen LogP contribution >= 0.6 is 31.9 Å². The van der Waals surface area contributed by atoms with Gasteiger partial charge in [-0.25, -0.2) is 4.79 Å². The monoisotopic (exact) mass is 336 g/mol. The Morgan fingerprint density at radius 1 is 1.40 bits per heavy atom. The molecule has 0 saturated heterocycles. The molecule has 2 fully saturated rings. The van der Waals surface area contributed by atoms with Crippen molar-refractivity contribution in [1.82, 2.24) is 0 Å². The Kier molecular flexibility index (Phi) is 2.79. The van der Waals surface area contributed by atoms with Crippen LogP contribution in [0.3, 0.4) is 0 Å². The molecule has 0 atom stereocenters. The molecule has 2 aliphatic rings. The van der Waals surface area contributed by atoms with E-state index in [1.807, 2.05) is 0 Å². The molecule has 0 aromatic carbocycles. The fourth-order valence-electron chi connectivity index (χ4n) is 2.59. The van der Waals surface area contributed by atoms with E-state index >= 15 is 0 Å². The minimum Gasteiger partial charge on any atom is -0.453 e. The standard InChI is InChI=1S/C11H14Br2O2/c1-7(2)9(14)15-10-5-3-8(4-6-10)11(10,12)13/h8H,1,3-6H2,2H3. The van der Waals surface area contributed by atoms with Crippen LogP contribution in [0.25, 0.3) is 0 Å². The molecule has 2 rings (SSSR count). The van der Waals surface area contributed by atoms with E-state index in [1.165, 1.54) is 0 Å². The maximum Gasteiger partial charge on any atom is 0.333 e. The second kappa shape index (κ2) is 3.59. The molecule has 2 bridgehead atoms. The summed E-state index contributed by atoms with van der Waals surface area (Å²) in [6, 6.07) is 0. The molecule has 0 heterocycles. The number of fused-ring (bicyclic) bond motifs is 2. The van der Waals surface area contributed by atoms with Gasteiger partial charge in [0.25, 0.3) is 0 Å². The van der Waals surface area contributed by atoms with Gasteiger partial charge < -0.3 is 4.74 Å². The Balaban J connectivity index is 2.20. The third kappa shape index (κ3) is 1.60. The molecule has 0 aliphatic heterocycles. The maximum atomic E-state index is 11.6. The molecule has 15 heavy (non-hydrogen) atoms. The summed E-state index contributed by atoms with van der Waals surface area (Å²) < 4.78 is 5.41. The van der Waals surface area contributed by atoms with E-state index in [0.29, 0.717) is 11.5 Å². The molecular weight excluding hydrogens is 324 g/mol. The number of hydrogen-bond donors (Lipinski definition) is 0. The van der Waals surface area contributed by atoms with Crippen molar-refractivity contribution >= 4 is 37.8 Å². The van der Waals surface area contributed by atoms with Crippen molar-refractivity contribution in [2.24, 2.45) is 5.92 Å². The quantitative estimate of drug-likeness (QED) is 0.437. The average molecular weight is 338 g/mol. The van der Waals surface area contributed by atoms with Gasteiger partial charge in [-0.05, 0) is 38.5 Å². The van der Waals surface area contributed by atoms with E-state index in [9.17, 15) is 4.79 Å². The number of halogens is 2. The molecule has 4 heteroatoms. The van der Waals surface area contributed by atoms with Crippen LogP contribution in [0, 0.1) is 5.92 Å². The highest BCUT2D eigenvalue weighted by Gasteiger charge is 2.64. The predicted molar refractivity (Wildman–Crippen MR) is 66.2 cm³/mol. The van der Waals surface area contributed by atoms with Crippen LogP contribution < -0.4 is 0 Å². The molecule has 0 aromatic rings. The summed E-state index contributed by atoms with van der Waals surface area (Å²) in [5, 5.41) is 0. The first-order valence-corrected chi connectivity index (χ1v) is 6.74. The van der Waals surface area contributed by atoms with E-state index in [-0.39, 0.29) is 14.8 Å². The fourth-order valence-corrected chi connectivity index (χ4v) is 4.46. The summed E-state index contributed by atoms with van der Waals surface area (Å²) >= 11 is 7.36. The zero-order chi connectivity index (χ0) is 11.3. The third-order valence-corrected chi connectivity index (χ3v) is 6.29. The number of alkyl halides is 2. The molecule has 2 aliphatic carbocycles. The van der Waals surface area contributed by atoms with Crippen LogP contribution in [0.15, 0.2) is 12.2 Å². The fraction of sp³-hybridized carbons (Fsp3) is 0.727. The van der Waals surface area contributed by atoms with Gasteiger partial charge in [0.15, 0.2) is 0 Å². The minimum absolute atomic E-state index is 0.224. The van der Waals surface area contributed by atoms with Gasteiger partial charge >= 0.3 is 5.97 Å². The van der Waals surface area contributed by atoms with Crippen LogP contribution in [0.5, 0.6) is 0 Å². The number of rotatable bonds is 2. The third-order valence-electron chi connectivity index (χ3n) is 3.55. The SMILES string of the molecule is C=C(C)C(=O)OC12CCC(CC1)C2(Br)Br. The van der Waals surface area contributed by atoms with Crippen LogP contribution in [0.4, 0.5) is 0 Å². The second-order valence-electron chi connectivity index (χ2n) is 4.56. The Labute approximate surface area is 107 Å². The summed E-state index contributed by atoms with van der Waals surface area (Å²) in [6.07, 6.45) is 4.10. The average Bonchev–Trinajstić information content (AvgIpc) is 2.52. The molecular formula is C11H14Br2O2. The van der Waals surface area contributed by atoms with Crippen molar-refractivity contribution in [3.8, 4) is 0 Å². The van der Waals surface area contributed by atoms with Crippen molar-refractivity contribution in [2.75, 3.05) is 0 Å². The molecule has 0 N–H and O–H groups in total. The topological polar surface area (TPSA) is 26.3 Å². The number of esters is 1. The van der Waals surface area contributed by atoms with Crippen molar-refractivity contribution in [3.63, 3.8) is 0 Å². The van der Waals surface area contributed by atoms with Gasteiger partial charge in [0.05, 0.1) is 0 Å². The molecule has 2 nitrogen and oxygen atoms in total. The molecule has 0 spiro atoms. The van der Waals surface area contributed by atoms with Crippen LogP contribution in [0.2, 0.25) is 0 Å². The van der Waals surface area contributed by atoms with Crippen LogP contribution in [-0.4, -0.2) is 14.8 Å². The smallest absolute Gasteiger partial charge is 0.333 e. The lowest BCUT2D eigenvalue weighted by atomic mass is 9.97. The highest BCUT2D eigenvalue weighted by Crippen LogP contribution is 2.64. The Hall–Kier alpha value is 0.170. The first kappa shape index (κ1) is 11.6. The van der Waals surface area contributed by atoms with Crippen molar-refractivity contribution in [3.05, 3.63) is 12.2 Å². The summed E-state index contributed by atoms with van der Waals surface area (Å²) in [6.45, 7) is 5.30. The number of carbonyl (C=O) groups excluding carboxylic acids is 1. The summed E-state index contributed by atoms with van der Waals surface area (Å²) in [5.41, 5.74) is 0.101. The molecule has 0 aromatic heterocycles. The highest BCUT2D eigenvalue weighted by atomic mass is 79.9. The summed E-state index contributed by atoms with van der Waals surface area (Å²) in [5.74, 6) is 0.288. The van der Waals surface area contributed by atoms with E-state index in [2.05, 4.69) is 38.4 Å². The van der Waals surface area contributed by atoms with Gasteiger partial charge in [-0.3, -0.25) is 0 Å². The predicted octanol–water partition coefficient (Wildman–Crippen LogP) is 3.53. The number of ether oxygens (including phenoxy) is 1. The maximum absolute atomic E-state index is 11.6. The lowest BCUT2D eigenvalue weighted by Crippen LogP contribution is -2.42. The van der Waals surface area contributed by atoms with Gasteiger partial charge in [-0.2, -0.15) is 0 Å². The molecule has 0 unspecified atom stereocenters. The van der Waals surface area contributed by atoms with Gasteiger partial charge in [0.1, 0.15) is 8.83 Å². The Bertz CT molecular complexity index is 315. The van der Waals surface area contributed by atoms with Gasteiger partial charge in [0.2, 0.25) is 0 Å². The minimum atomic E-state index is -0.367. The first-order chi connectivity index (χ1) is 6.89. The van der Waals surface area contributed by atoms with Gasteiger partial charge in [0, 0.05) is 5.57 Å². The van der Waals surface area contributed by atoms with E-state index < -0.39 is 0 Å². The zero-order valence-electron chi connectivity index (χ0n) is 8.69. The van der Waals surface area contributed by atoms with Crippen LogP contribution in [-0.2, 0) is 9.53 Å². The lowest BCUT2D eigenvalue weighted by molar-refractivity contribution is -0.153. The lowest BCUT2D eigenvalue weighted by Gasteiger charge is -2.34.